The van der Waals surface area contributed by atoms with Gasteiger partial charge in [-0.1, -0.05) is 29.8 Å². The smallest absolute Gasteiger partial charge is 0.255 e. The molecule has 0 saturated carbocycles. The van der Waals surface area contributed by atoms with E-state index in [0.717, 1.165) is 17.3 Å². The topological polar surface area (TPSA) is 75.3 Å². The number of hydrogen-bond donors (Lipinski definition) is 3. The number of carbonyl (C=O) groups excluding carboxylic acids is 1. The first-order chi connectivity index (χ1) is 8.41. The number of hydrogen-bond acceptors (Lipinski definition) is 3. The van der Waals surface area contributed by atoms with E-state index in [0.29, 0.717) is 6.54 Å². The van der Waals surface area contributed by atoms with Gasteiger partial charge in [-0.2, -0.15) is 0 Å². The molecular formula is C13H19BrN2O2. The molecule has 0 radical (unpaired) electrons. The van der Waals surface area contributed by atoms with E-state index in [4.69, 9.17) is 5.73 Å². The number of carbonyl (C=O) groups is 1. The molecule has 1 aromatic carbocycles. The summed E-state index contributed by atoms with van der Waals surface area (Å²) in [6.45, 7) is 4.38. The fraction of sp³-hybridized carbons (Fsp3) is 0.462. The summed E-state index contributed by atoms with van der Waals surface area (Å²) in [6, 6.07) is 4.78. The Balaban J connectivity index is 2.71. The summed E-state index contributed by atoms with van der Waals surface area (Å²) in [5, 5.41) is 12.4. The van der Waals surface area contributed by atoms with Crippen LogP contribution in [-0.4, -0.2) is 23.1 Å². The lowest BCUT2D eigenvalue weighted by Gasteiger charge is -2.26. The van der Waals surface area contributed by atoms with Crippen molar-refractivity contribution < 1.29 is 9.90 Å². The van der Waals surface area contributed by atoms with E-state index in [9.17, 15) is 9.90 Å². The highest BCUT2D eigenvalue weighted by atomic mass is 79.9. The molecule has 0 aliphatic heterocycles. The molecule has 1 rings (SSSR count). The summed E-state index contributed by atoms with van der Waals surface area (Å²) >= 11 is 3.23. The number of nitrogens with one attached hydrogen (secondary N) is 1. The predicted molar refractivity (Wildman–Crippen MR) is 75.6 cm³/mol. The third-order valence-corrected chi connectivity index (χ3v) is 3.71. The van der Waals surface area contributed by atoms with Crippen molar-refractivity contribution in [2.45, 2.75) is 32.2 Å². The van der Waals surface area contributed by atoms with E-state index < -0.39 is 0 Å². The highest BCUT2D eigenvalue weighted by Crippen LogP contribution is 2.22. The molecule has 0 fully saturated rings. The average Bonchev–Trinajstić information content (AvgIpc) is 2.35. The van der Waals surface area contributed by atoms with Crippen LogP contribution in [0, 0.1) is 0 Å². The number of rotatable bonds is 5. The third kappa shape index (κ3) is 3.71. The minimum atomic E-state index is -0.388. The van der Waals surface area contributed by atoms with Crippen molar-refractivity contribution in [3.8, 4) is 5.75 Å². The molecule has 0 heterocycles. The zero-order valence-corrected chi connectivity index (χ0v) is 12.3. The predicted octanol–water partition coefficient (Wildman–Crippen LogP) is 2.40. The van der Waals surface area contributed by atoms with Crippen LogP contribution in [0.25, 0.3) is 0 Å². The van der Waals surface area contributed by atoms with Gasteiger partial charge in [0, 0.05) is 16.6 Å². The van der Waals surface area contributed by atoms with Crippen LogP contribution in [0.3, 0.4) is 0 Å². The Morgan fingerprint density at radius 1 is 1.44 bits per heavy atom. The molecule has 4 nitrogen and oxygen atoms in total. The molecular weight excluding hydrogens is 296 g/mol. The Morgan fingerprint density at radius 2 is 2.06 bits per heavy atom. The fourth-order valence-corrected chi connectivity index (χ4v) is 1.90. The second-order valence-corrected chi connectivity index (χ2v) is 5.33. The lowest BCUT2D eigenvalue weighted by Crippen LogP contribution is -2.49. The van der Waals surface area contributed by atoms with Crippen molar-refractivity contribution in [1.29, 1.82) is 0 Å². The largest absolute Gasteiger partial charge is 0.507 e. The quantitative estimate of drug-likeness (QED) is 0.781. The van der Waals surface area contributed by atoms with Gasteiger partial charge in [-0.3, -0.25) is 4.79 Å². The second kappa shape index (κ2) is 6.20. The van der Waals surface area contributed by atoms with Crippen LogP contribution in [-0.2, 0) is 0 Å². The first kappa shape index (κ1) is 15.0. The zero-order valence-electron chi connectivity index (χ0n) is 10.7. The normalized spacial score (nSPS) is 11.3. The molecule has 5 heteroatoms. The minimum absolute atomic E-state index is 0.0440. The lowest BCUT2D eigenvalue weighted by molar-refractivity contribution is 0.0939. The van der Waals surface area contributed by atoms with Crippen molar-refractivity contribution in [1.82, 2.24) is 5.32 Å². The summed E-state index contributed by atoms with van der Waals surface area (Å²) in [5.41, 5.74) is 5.97. The number of phenols is 1. The summed E-state index contributed by atoms with van der Waals surface area (Å²) in [6.07, 6.45) is 1.58. The van der Waals surface area contributed by atoms with Crippen molar-refractivity contribution in [2.24, 2.45) is 5.73 Å². The first-order valence-corrected chi connectivity index (χ1v) is 6.76. The Morgan fingerprint density at radius 3 is 2.56 bits per heavy atom. The van der Waals surface area contributed by atoms with E-state index in [2.05, 4.69) is 21.2 Å². The van der Waals surface area contributed by atoms with Gasteiger partial charge < -0.3 is 16.2 Å². The van der Waals surface area contributed by atoms with Crippen molar-refractivity contribution >= 4 is 21.8 Å². The summed E-state index contributed by atoms with van der Waals surface area (Å²) < 4.78 is 0.729. The Labute approximate surface area is 116 Å². The van der Waals surface area contributed by atoms with E-state index in [-0.39, 0.29) is 22.8 Å². The monoisotopic (exact) mass is 314 g/mol. The molecule has 0 spiro atoms. The number of phenolic OH excluding ortho intramolecular Hbond substituents is 1. The SMILES string of the molecule is CCC(N)(CC)CNC(=O)c1ccc(Br)cc1O. The summed E-state index contributed by atoms with van der Waals surface area (Å²) in [5.74, 6) is -0.353. The maximum Gasteiger partial charge on any atom is 0.255 e. The van der Waals surface area contributed by atoms with Gasteiger partial charge >= 0.3 is 0 Å². The first-order valence-electron chi connectivity index (χ1n) is 5.97. The molecule has 0 aliphatic rings. The van der Waals surface area contributed by atoms with E-state index >= 15 is 0 Å². The standard InChI is InChI=1S/C13H19BrN2O2/c1-3-13(15,4-2)8-16-12(18)10-6-5-9(14)7-11(10)17/h5-7,17H,3-4,8,15H2,1-2H3,(H,16,18). The van der Waals surface area contributed by atoms with Crippen LogP contribution in [0.4, 0.5) is 0 Å². The molecule has 4 N–H and O–H groups in total. The number of amides is 1. The van der Waals surface area contributed by atoms with Crippen LogP contribution >= 0.6 is 15.9 Å². The van der Waals surface area contributed by atoms with E-state index in [1.807, 2.05) is 13.8 Å². The van der Waals surface area contributed by atoms with Crippen LogP contribution in [0.2, 0.25) is 0 Å². The molecule has 0 unspecified atom stereocenters. The van der Waals surface area contributed by atoms with Gasteiger partial charge in [-0.15, -0.1) is 0 Å². The third-order valence-electron chi connectivity index (χ3n) is 3.21. The Hall–Kier alpha value is -1.07. The number of benzene rings is 1. The molecule has 1 amide bonds. The number of halogens is 1. The number of aromatic hydroxyl groups is 1. The maximum absolute atomic E-state index is 11.9. The van der Waals surface area contributed by atoms with Crippen LogP contribution < -0.4 is 11.1 Å². The van der Waals surface area contributed by atoms with Gasteiger partial charge in [0.1, 0.15) is 5.75 Å². The highest BCUT2D eigenvalue weighted by molar-refractivity contribution is 9.10. The van der Waals surface area contributed by atoms with Crippen LogP contribution in [0.1, 0.15) is 37.0 Å². The van der Waals surface area contributed by atoms with Crippen LogP contribution in [0.5, 0.6) is 5.75 Å². The molecule has 18 heavy (non-hydrogen) atoms. The van der Waals surface area contributed by atoms with Gasteiger partial charge in [0.05, 0.1) is 5.56 Å². The van der Waals surface area contributed by atoms with Gasteiger partial charge in [0.15, 0.2) is 0 Å². The molecule has 0 saturated heterocycles. The molecule has 1 aromatic rings. The molecule has 0 atom stereocenters. The lowest BCUT2D eigenvalue weighted by atomic mass is 9.94. The fourth-order valence-electron chi connectivity index (χ4n) is 1.55. The molecule has 0 bridgehead atoms. The highest BCUT2D eigenvalue weighted by Gasteiger charge is 2.21. The molecule has 100 valence electrons. The van der Waals surface area contributed by atoms with E-state index in [1.54, 1.807) is 12.1 Å². The summed E-state index contributed by atoms with van der Waals surface area (Å²) in [7, 11) is 0. The zero-order chi connectivity index (χ0) is 13.8. The van der Waals surface area contributed by atoms with Crippen molar-refractivity contribution in [3.63, 3.8) is 0 Å². The average molecular weight is 315 g/mol. The Kier molecular flexibility index (Phi) is 5.16. The number of nitrogens with two attached hydrogens (primary N) is 1. The van der Waals surface area contributed by atoms with Gasteiger partial charge in [-0.05, 0) is 31.0 Å². The summed E-state index contributed by atoms with van der Waals surface area (Å²) in [4.78, 5) is 11.9. The second-order valence-electron chi connectivity index (χ2n) is 4.41. The van der Waals surface area contributed by atoms with Gasteiger partial charge in [-0.25, -0.2) is 0 Å². The van der Waals surface area contributed by atoms with Gasteiger partial charge in [0.2, 0.25) is 0 Å². The van der Waals surface area contributed by atoms with E-state index in [1.165, 1.54) is 6.07 Å². The minimum Gasteiger partial charge on any atom is -0.507 e. The van der Waals surface area contributed by atoms with Gasteiger partial charge in [0.25, 0.3) is 5.91 Å². The van der Waals surface area contributed by atoms with Crippen molar-refractivity contribution in [3.05, 3.63) is 28.2 Å². The van der Waals surface area contributed by atoms with Crippen LogP contribution in [0.15, 0.2) is 22.7 Å². The Bertz CT molecular complexity index is 431. The van der Waals surface area contributed by atoms with Crippen molar-refractivity contribution in [2.75, 3.05) is 6.54 Å². The maximum atomic E-state index is 11.9. The molecule has 0 aromatic heterocycles. The molecule has 0 aliphatic carbocycles.